The molecule has 3 rings (SSSR count). The summed E-state index contributed by atoms with van der Waals surface area (Å²) in [4.78, 5) is 19.1. The van der Waals surface area contributed by atoms with Gasteiger partial charge in [-0.1, -0.05) is 6.08 Å². The number of aryl methyl sites for hydroxylation is 1. The van der Waals surface area contributed by atoms with Crippen LogP contribution in [0.4, 0.5) is 0 Å². The van der Waals surface area contributed by atoms with Gasteiger partial charge < -0.3 is 14.2 Å². The number of carbonyl (C=O) groups excluding carboxylic acids is 1. The molecule has 0 fully saturated rings. The second-order valence-electron chi connectivity index (χ2n) is 6.00. The first-order valence-electron chi connectivity index (χ1n) is 7.68. The van der Waals surface area contributed by atoms with Crippen molar-refractivity contribution in [3.63, 3.8) is 0 Å². The second-order valence-corrected chi connectivity index (χ2v) is 6.00. The third kappa shape index (κ3) is 2.75. The van der Waals surface area contributed by atoms with E-state index in [2.05, 4.69) is 15.6 Å². The van der Waals surface area contributed by atoms with Gasteiger partial charge in [0, 0.05) is 37.9 Å². The molecule has 5 nitrogen and oxygen atoms in total. The summed E-state index contributed by atoms with van der Waals surface area (Å²) in [5.41, 5.74) is 3.20. The molecular formula is C16H23N3O2. The Balaban J connectivity index is 1.82. The van der Waals surface area contributed by atoms with Crippen LogP contribution in [0, 0.1) is 0 Å². The van der Waals surface area contributed by atoms with Crippen molar-refractivity contribution in [3.05, 3.63) is 29.4 Å². The molecule has 5 heteroatoms. The zero-order valence-corrected chi connectivity index (χ0v) is 12.8. The maximum absolute atomic E-state index is 12.7. The Morgan fingerprint density at radius 3 is 3.05 bits per heavy atom. The third-order valence-electron chi connectivity index (χ3n) is 4.45. The summed E-state index contributed by atoms with van der Waals surface area (Å²) in [6, 6.07) is 0. The molecule has 0 aromatic carbocycles. The maximum Gasteiger partial charge on any atom is 0.249 e. The fourth-order valence-electron chi connectivity index (χ4n) is 3.45. The average Bonchev–Trinajstić information content (AvgIpc) is 2.89. The fraction of sp³-hybridized carbons (Fsp3) is 0.625. The minimum Gasteiger partial charge on any atom is -0.384 e. The summed E-state index contributed by atoms with van der Waals surface area (Å²) < 4.78 is 7.40. The molecule has 0 spiro atoms. The van der Waals surface area contributed by atoms with Gasteiger partial charge in [0.2, 0.25) is 5.91 Å². The number of hydrogen-bond acceptors (Lipinski definition) is 3. The van der Waals surface area contributed by atoms with E-state index in [4.69, 9.17) is 4.74 Å². The first-order valence-corrected chi connectivity index (χ1v) is 7.68. The molecule has 21 heavy (non-hydrogen) atoms. The molecule has 0 saturated heterocycles. The zero-order chi connectivity index (χ0) is 14.8. The van der Waals surface area contributed by atoms with Crippen LogP contribution in [-0.4, -0.2) is 40.6 Å². The number of allylic oxidation sites excluding steroid dienone is 1. The van der Waals surface area contributed by atoms with Gasteiger partial charge in [0.05, 0.1) is 25.2 Å². The van der Waals surface area contributed by atoms with Crippen LogP contribution in [0.1, 0.15) is 43.0 Å². The number of rotatable bonds is 3. The number of fused-ring (bicyclic) bond motifs is 1. The molecule has 1 atom stereocenters. The number of hydrogen-bond donors (Lipinski definition) is 0. The molecule has 1 amide bonds. The number of carbonyl (C=O) groups is 1. The lowest BCUT2D eigenvalue weighted by atomic mass is 9.95. The van der Waals surface area contributed by atoms with Gasteiger partial charge in [-0.2, -0.15) is 0 Å². The van der Waals surface area contributed by atoms with Crippen molar-refractivity contribution in [2.45, 2.75) is 38.1 Å². The Hall–Kier alpha value is -1.62. The first-order chi connectivity index (χ1) is 10.2. The van der Waals surface area contributed by atoms with Crippen LogP contribution in [-0.2, 0) is 23.1 Å². The highest BCUT2D eigenvalue weighted by atomic mass is 16.5. The van der Waals surface area contributed by atoms with Crippen LogP contribution >= 0.6 is 0 Å². The Bertz CT molecular complexity index is 562. The monoisotopic (exact) mass is 289 g/mol. The topological polar surface area (TPSA) is 47.4 Å². The van der Waals surface area contributed by atoms with Crippen molar-refractivity contribution in [1.29, 1.82) is 0 Å². The van der Waals surface area contributed by atoms with Crippen LogP contribution in [0.2, 0.25) is 0 Å². The largest absolute Gasteiger partial charge is 0.384 e. The van der Waals surface area contributed by atoms with Gasteiger partial charge in [-0.05, 0) is 25.7 Å². The zero-order valence-electron chi connectivity index (χ0n) is 12.8. The lowest BCUT2D eigenvalue weighted by Crippen LogP contribution is -2.41. The molecule has 2 aliphatic rings. The van der Waals surface area contributed by atoms with Gasteiger partial charge in [0.25, 0.3) is 0 Å². The Kier molecular flexibility index (Phi) is 4.10. The molecule has 1 aromatic rings. The van der Waals surface area contributed by atoms with E-state index in [0.717, 1.165) is 37.1 Å². The highest BCUT2D eigenvalue weighted by Crippen LogP contribution is 2.29. The van der Waals surface area contributed by atoms with E-state index in [1.807, 2.05) is 18.3 Å². The number of nitrogens with zero attached hydrogens (tertiary/aromatic N) is 3. The molecule has 0 radical (unpaired) electrons. The normalized spacial score (nSPS) is 21.9. The Labute approximate surface area is 125 Å². The van der Waals surface area contributed by atoms with Crippen molar-refractivity contribution < 1.29 is 9.53 Å². The van der Waals surface area contributed by atoms with Crippen LogP contribution in [0.3, 0.4) is 0 Å². The first kappa shape index (κ1) is 14.3. The highest BCUT2D eigenvalue weighted by molar-refractivity contribution is 5.93. The van der Waals surface area contributed by atoms with Crippen molar-refractivity contribution >= 4 is 5.91 Å². The average molecular weight is 289 g/mol. The van der Waals surface area contributed by atoms with Crippen molar-refractivity contribution in [1.82, 2.24) is 14.5 Å². The van der Waals surface area contributed by atoms with Crippen LogP contribution < -0.4 is 0 Å². The van der Waals surface area contributed by atoms with E-state index in [-0.39, 0.29) is 11.8 Å². The van der Waals surface area contributed by atoms with E-state index in [9.17, 15) is 4.79 Å². The predicted molar refractivity (Wildman–Crippen MR) is 79.8 cm³/mol. The van der Waals surface area contributed by atoms with Gasteiger partial charge in [-0.15, -0.1) is 0 Å². The van der Waals surface area contributed by atoms with Crippen LogP contribution in [0.15, 0.2) is 18.0 Å². The summed E-state index contributed by atoms with van der Waals surface area (Å²) in [6.07, 6.45) is 8.23. The lowest BCUT2D eigenvalue weighted by molar-refractivity contribution is -0.129. The third-order valence-corrected chi connectivity index (χ3v) is 4.45. The summed E-state index contributed by atoms with van der Waals surface area (Å²) >= 11 is 0. The van der Waals surface area contributed by atoms with Crippen molar-refractivity contribution in [2.75, 3.05) is 20.3 Å². The number of imidazole rings is 1. The van der Waals surface area contributed by atoms with Gasteiger partial charge >= 0.3 is 0 Å². The Morgan fingerprint density at radius 2 is 2.33 bits per heavy atom. The fourth-order valence-corrected chi connectivity index (χ4v) is 3.45. The Morgan fingerprint density at radius 1 is 1.48 bits per heavy atom. The summed E-state index contributed by atoms with van der Waals surface area (Å²) in [6.45, 7) is 1.96. The second kappa shape index (κ2) is 6.02. The smallest absolute Gasteiger partial charge is 0.249 e. The van der Waals surface area contributed by atoms with E-state index in [0.29, 0.717) is 13.2 Å². The van der Waals surface area contributed by atoms with Crippen molar-refractivity contribution in [2.24, 2.45) is 7.05 Å². The maximum atomic E-state index is 12.7. The summed E-state index contributed by atoms with van der Waals surface area (Å²) in [5, 5.41) is 0. The van der Waals surface area contributed by atoms with Crippen molar-refractivity contribution in [3.8, 4) is 0 Å². The lowest BCUT2D eigenvalue weighted by Gasteiger charge is -2.33. The quantitative estimate of drug-likeness (QED) is 0.855. The van der Waals surface area contributed by atoms with E-state index in [1.54, 1.807) is 7.11 Å². The van der Waals surface area contributed by atoms with E-state index in [1.165, 1.54) is 12.1 Å². The van der Waals surface area contributed by atoms with Gasteiger partial charge in [0.1, 0.15) is 0 Å². The highest BCUT2D eigenvalue weighted by Gasteiger charge is 2.32. The molecule has 0 saturated carbocycles. The SMILES string of the molecule is COC[C@H]1CN(C(=O)C2=CCCCC2)Cc2ncn(C)c21. The minimum absolute atomic E-state index is 0.187. The molecule has 1 aliphatic carbocycles. The number of ether oxygens (including phenoxy) is 1. The number of methoxy groups -OCH3 is 1. The molecule has 0 N–H and O–H groups in total. The van der Waals surface area contributed by atoms with Gasteiger partial charge in [-0.25, -0.2) is 4.98 Å². The number of aromatic nitrogens is 2. The molecule has 0 bridgehead atoms. The van der Waals surface area contributed by atoms with E-state index >= 15 is 0 Å². The van der Waals surface area contributed by atoms with Gasteiger partial charge in [0.15, 0.2) is 0 Å². The summed E-state index contributed by atoms with van der Waals surface area (Å²) in [7, 11) is 3.72. The molecular weight excluding hydrogens is 266 g/mol. The molecule has 2 heterocycles. The summed E-state index contributed by atoms with van der Waals surface area (Å²) in [5.74, 6) is 0.395. The predicted octanol–water partition coefficient (Wildman–Crippen LogP) is 1.99. The molecule has 114 valence electrons. The standard InChI is InChI=1S/C16H23N3O2/c1-18-11-17-14-9-19(8-13(10-21-2)15(14)18)16(20)12-6-4-3-5-7-12/h6,11,13H,3-5,7-10H2,1-2H3/t13-/m1/s1. The molecule has 1 aliphatic heterocycles. The molecule has 1 aromatic heterocycles. The number of amides is 1. The van der Waals surface area contributed by atoms with Crippen LogP contribution in [0.5, 0.6) is 0 Å². The molecule has 0 unspecified atom stereocenters. The van der Waals surface area contributed by atoms with Crippen LogP contribution in [0.25, 0.3) is 0 Å². The van der Waals surface area contributed by atoms with E-state index < -0.39 is 0 Å². The minimum atomic E-state index is 0.187. The van der Waals surface area contributed by atoms with Gasteiger partial charge in [-0.3, -0.25) is 4.79 Å².